The van der Waals surface area contributed by atoms with Gasteiger partial charge in [-0.1, -0.05) is 12.1 Å². The fourth-order valence-corrected chi connectivity index (χ4v) is 4.16. The Kier molecular flexibility index (Phi) is 6.01. The minimum Gasteiger partial charge on any atom is -0.497 e. The van der Waals surface area contributed by atoms with Gasteiger partial charge in [0, 0.05) is 16.7 Å². The summed E-state index contributed by atoms with van der Waals surface area (Å²) in [5.74, 6) is 1.33. The maximum absolute atomic E-state index is 13.4. The number of ether oxygens (including phenoxy) is 1. The van der Waals surface area contributed by atoms with Gasteiger partial charge in [0.15, 0.2) is 5.78 Å². The van der Waals surface area contributed by atoms with Gasteiger partial charge in [-0.2, -0.15) is 18.4 Å². The Labute approximate surface area is 209 Å². The van der Waals surface area contributed by atoms with Crippen LogP contribution in [-0.4, -0.2) is 22.4 Å². The van der Waals surface area contributed by atoms with Gasteiger partial charge < -0.3 is 13.7 Å². The first-order valence-corrected chi connectivity index (χ1v) is 11.1. The lowest BCUT2D eigenvalue weighted by molar-refractivity contribution is -0.137. The van der Waals surface area contributed by atoms with Crippen molar-refractivity contribution in [1.29, 1.82) is 5.26 Å². The number of nitrogens with zero attached hydrogens (tertiary/aromatic N) is 3. The van der Waals surface area contributed by atoms with E-state index in [0.29, 0.717) is 41.0 Å². The van der Waals surface area contributed by atoms with Crippen LogP contribution in [-0.2, 0) is 12.7 Å². The van der Waals surface area contributed by atoms with Gasteiger partial charge in [0.2, 0.25) is 0 Å². The monoisotopic (exact) mass is 501 g/mol. The van der Waals surface area contributed by atoms with Gasteiger partial charge in [0.25, 0.3) is 0 Å². The van der Waals surface area contributed by atoms with E-state index < -0.39 is 23.1 Å². The molecule has 5 aromatic rings. The van der Waals surface area contributed by atoms with Crippen LogP contribution < -0.4 is 4.74 Å². The van der Waals surface area contributed by atoms with Crippen LogP contribution in [0.2, 0.25) is 0 Å². The molecule has 0 bridgehead atoms. The minimum absolute atomic E-state index is 0.171. The summed E-state index contributed by atoms with van der Waals surface area (Å²) in [6.45, 7) is 0.369. The molecule has 0 N–H and O–H groups in total. The molecule has 0 amide bonds. The lowest BCUT2D eigenvalue weighted by atomic mass is 9.98. The summed E-state index contributed by atoms with van der Waals surface area (Å²) in [5, 5.41) is 9.03. The smallest absolute Gasteiger partial charge is 0.417 e. The average molecular weight is 501 g/mol. The second kappa shape index (κ2) is 9.32. The predicted molar refractivity (Wildman–Crippen MR) is 129 cm³/mol. The molecule has 5 rings (SSSR count). The quantitative estimate of drug-likeness (QED) is 0.249. The maximum atomic E-state index is 13.4. The van der Waals surface area contributed by atoms with Crippen LogP contribution in [0.25, 0.3) is 22.4 Å². The summed E-state index contributed by atoms with van der Waals surface area (Å²) in [6, 6.07) is 20.2. The van der Waals surface area contributed by atoms with Gasteiger partial charge in [-0.3, -0.25) is 4.79 Å². The van der Waals surface area contributed by atoms with Crippen LogP contribution in [0, 0.1) is 11.3 Å². The molecule has 184 valence electrons. The molecular weight excluding hydrogens is 483 g/mol. The Morgan fingerprint density at radius 3 is 2.54 bits per heavy atom. The number of carbonyl (C=O) groups excluding carboxylic acids is 1. The van der Waals surface area contributed by atoms with Gasteiger partial charge in [-0.05, 0) is 60.7 Å². The highest BCUT2D eigenvalue weighted by Gasteiger charge is 2.34. The fraction of sp³-hybridized carbons (Fsp3) is 0.107. The summed E-state index contributed by atoms with van der Waals surface area (Å²) in [7, 11) is 1.57. The molecule has 0 aliphatic heterocycles. The van der Waals surface area contributed by atoms with Crippen molar-refractivity contribution in [2.24, 2.45) is 0 Å². The van der Waals surface area contributed by atoms with Crippen molar-refractivity contribution in [2.75, 3.05) is 7.11 Å². The van der Waals surface area contributed by atoms with Crippen LogP contribution in [0.3, 0.4) is 0 Å². The SMILES string of the molecule is COc1cccc(-c2nc3cc(C(=O)c4ccc(C#N)c(C(F)(F)F)c4)ccc3n2Cc2ccco2)c1. The van der Waals surface area contributed by atoms with Gasteiger partial charge in [-0.25, -0.2) is 4.98 Å². The Morgan fingerprint density at radius 1 is 1.05 bits per heavy atom. The molecule has 9 heteroatoms. The molecule has 0 aliphatic rings. The number of alkyl halides is 3. The molecule has 0 spiro atoms. The highest BCUT2D eigenvalue weighted by atomic mass is 19.4. The standard InChI is InChI=1S/C28H18F3N3O3/c1-36-21-5-2-4-19(12-21)27-33-24-14-18(9-10-25(24)34(27)16-22-6-3-11-37-22)26(35)17-7-8-20(15-32)23(13-17)28(29,30)31/h2-14H,16H2,1H3. The average Bonchev–Trinajstić information content (AvgIpc) is 3.55. The zero-order valence-corrected chi connectivity index (χ0v) is 19.4. The van der Waals surface area contributed by atoms with Gasteiger partial charge in [-0.15, -0.1) is 0 Å². The van der Waals surface area contributed by atoms with Crippen LogP contribution in [0.5, 0.6) is 5.75 Å². The number of rotatable bonds is 6. The Morgan fingerprint density at radius 2 is 1.84 bits per heavy atom. The van der Waals surface area contributed by atoms with E-state index in [0.717, 1.165) is 11.6 Å². The number of hydrogen-bond acceptors (Lipinski definition) is 5. The van der Waals surface area contributed by atoms with Crippen molar-refractivity contribution in [3.63, 3.8) is 0 Å². The second-order valence-electron chi connectivity index (χ2n) is 8.24. The van der Waals surface area contributed by atoms with E-state index in [1.165, 1.54) is 12.1 Å². The maximum Gasteiger partial charge on any atom is 0.417 e. The van der Waals surface area contributed by atoms with Gasteiger partial charge in [0.05, 0.1) is 48.1 Å². The fourth-order valence-electron chi connectivity index (χ4n) is 4.16. The molecular formula is C28H18F3N3O3. The second-order valence-corrected chi connectivity index (χ2v) is 8.24. The third-order valence-corrected chi connectivity index (χ3v) is 5.94. The number of ketones is 1. The number of nitriles is 1. The van der Waals surface area contributed by atoms with E-state index in [1.54, 1.807) is 37.6 Å². The Balaban J connectivity index is 1.61. The third kappa shape index (κ3) is 4.57. The number of imidazole rings is 1. The molecule has 0 fully saturated rings. The van der Waals surface area contributed by atoms with Crippen molar-refractivity contribution in [3.8, 4) is 23.2 Å². The van der Waals surface area contributed by atoms with Crippen molar-refractivity contribution in [2.45, 2.75) is 12.7 Å². The molecule has 6 nitrogen and oxygen atoms in total. The van der Waals surface area contributed by atoms with E-state index in [1.807, 2.05) is 34.9 Å². The largest absolute Gasteiger partial charge is 0.497 e. The Bertz CT molecular complexity index is 1660. The van der Waals surface area contributed by atoms with E-state index >= 15 is 0 Å². The highest BCUT2D eigenvalue weighted by Crippen LogP contribution is 2.33. The van der Waals surface area contributed by atoms with Crippen LogP contribution in [0.1, 0.15) is 32.8 Å². The van der Waals surface area contributed by atoms with Gasteiger partial charge in [0.1, 0.15) is 17.3 Å². The number of halogens is 3. The molecule has 3 aromatic carbocycles. The number of carbonyl (C=O) groups is 1. The van der Waals surface area contributed by atoms with E-state index in [9.17, 15) is 18.0 Å². The summed E-state index contributed by atoms with van der Waals surface area (Å²) in [4.78, 5) is 17.9. The summed E-state index contributed by atoms with van der Waals surface area (Å²) >= 11 is 0. The minimum atomic E-state index is -4.76. The first-order valence-electron chi connectivity index (χ1n) is 11.1. The topological polar surface area (TPSA) is 81.0 Å². The summed E-state index contributed by atoms with van der Waals surface area (Å²) in [6.07, 6.45) is -3.19. The molecule has 0 saturated heterocycles. The van der Waals surface area contributed by atoms with Crippen LogP contribution in [0.15, 0.2) is 83.5 Å². The number of hydrogen-bond donors (Lipinski definition) is 0. The number of benzene rings is 3. The molecule has 37 heavy (non-hydrogen) atoms. The Hall–Kier alpha value is -4.84. The normalized spacial score (nSPS) is 11.4. The number of furan rings is 1. The highest BCUT2D eigenvalue weighted by molar-refractivity contribution is 6.10. The summed E-state index contributed by atoms with van der Waals surface area (Å²) < 4.78 is 53.1. The predicted octanol–water partition coefficient (Wildman–Crippen LogP) is 6.47. The zero-order chi connectivity index (χ0) is 26.2. The number of methoxy groups -OCH3 is 1. The van der Waals surface area contributed by atoms with Gasteiger partial charge >= 0.3 is 6.18 Å². The lowest BCUT2D eigenvalue weighted by Gasteiger charge is -2.11. The third-order valence-electron chi connectivity index (χ3n) is 5.94. The lowest BCUT2D eigenvalue weighted by Crippen LogP contribution is -2.11. The molecule has 0 aliphatic carbocycles. The van der Waals surface area contributed by atoms with Crippen LogP contribution >= 0.6 is 0 Å². The van der Waals surface area contributed by atoms with Crippen molar-refractivity contribution < 1.29 is 27.1 Å². The molecule has 0 unspecified atom stereocenters. The van der Waals surface area contributed by atoms with Crippen molar-refractivity contribution >= 4 is 16.8 Å². The zero-order valence-electron chi connectivity index (χ0n) is 19.4. The van der Waals surface area contributed by atoms with E-state index in [-0.39, 0.29) is 11.1 Å². The number of fused-ring (bicyclic) bond motifs is 1. The number of aromatic nitrogens is 2. The molecule has 2 heterocycles. The molecule has 0 atom stereocenters. The molecule has 2 aromatic heterocycles. The molecule has 0 radical (unpaired) electrons. The van der Waals surface area contributed by atoms with Crippen molar-refractivity contribution in [1.82, 2.24) is 9.55 Å². The summed E-state index contributed by atoms with van der Waals surface area (Å²) in [5.41, 5.74) is 0.279. The van der Waals surface area contributed by atoms with Crippen LogP contribution in [0.4, 0.5) is 13.2 Å². The van der Waals surface area contributed by atoms with E-state index in [2.05, 4.69) is 0 Å². The van der Waals surface area contributed by atoms with E-state index in [4.69, 9.17) is 19.4 Å². The molecule has 0 saturated carbocycles. The van der Waals surface area contributed by atoms with Crippen molar-refractivity contribution in [3.05, 3.63) is 107 Å². The first kappa shape index (κ1) is 23.9. The first-order chi connectivity index (χ1) is 17.8.